The maximum atomic E-state index is 15.6. The predicted molar refractivity (Wildman–Crippen MR) is 233 cm³/mol. The van der Waals surface area contributed by atoms with Crippen molar-refractivity contribution in [1.82, 2.24) is 45.6 Å². The third kappa shape index (κ3) is 9.14. The molecule has 332 valence electrons. The van der Waals surface area contributed by atoms with Crippen LogP contribution in [0.4, 0.5) is 36.6 Å². The number of anilines is 4. The molecule has 4 aliphatic rings. The van der Waals surface area contributed by atoms with Crippen LogP contribution in [0.3, 0.4) is 0 Å². The van der Waals surface area contributed by atoms with Gasteiger partial charge in [-0.1, -0.05) is 25.9 Å². The molecular weight excluding hydrogens is 813 g/mol. The highest BCUT2D eigenvalue weighted by molar-refractivity contribution is 6.05. The minimum absolute atomic E-state index is 0.137. The van der Waals surface area contributed by atoms with Gasteiger partial charge in [0.1, 0.15) is 23.6 Å². The summed E-state index contributed by atoms with van der Waals surface area (Å²) in [6.45, 7) is 12.4. The van der Waals surface area contributed by atoms with Crippen LogP contribution in [0, 0.1) is 11.8 Å². The van der Waals surface area contributed by atoms with Crippen molar-refractivity contribution in [2.75, 3.05) is 91.6 Å². The Kier molecular flexibility index (Phi) is 11.5. The first-order valence-electron chi connectivity index (χ1n) is 21.8. The molecule has 19 heteroatoms. The highest BCUT2D eigenvalue weighted by atomic mass is 19.3. The third-order valence-electron chi connectivity index (χ3n) is 12.7. The smallest absolute Gasteiger partial charge is 0.328 e. The molecule has 0 aliphatic carbocycles. The number of hydrogen-bond donors (Lipinski definition) is 3. The van der Waals surface area contributed by atoms with Crippen molar-refractivity contribution >= 4 is 51.9 Å². The van der Waals surface area contributed by atoms with Crippen LogP contribution in [0.5, 0.6) is 0 Å². The van der Waals surface area contributed by atoms with Crippen molar-refractivity contribution in [3.8, 4) is 11.3 Å². The third-order valence-corrected chi connectivity index (χ3v) is 12.7. The second-order valence-electron chi connectivity index (χ2n) is 18.1. The number of carbonyl (C=O) groups is 3. The van der Waals surface area contributed by atoms with E-state index in [0.29, 0.717) is 48.1 Å². The van der Waals surface area contributed by atoms with Gasteiger partial charge >= 0.3 is 17.8 Å². The fourth-order valence-corrected chi connectivity index (χ4v) is 8.95. The summed E-state index contributed by atoms with van der Waals surface area (Å²) in [5, 5.41) is 9.44. The number of carbonyl (C=O) groups excluding carboxylic acids is 3. The van der Waals surface area contributed by atoms with E-state index in [4.69, 9.17) is 9.51 Å². The number of piperazine rings is 1. The lowest BCUT2D eigenvalue weighted by Gasteiger charge is -2.39. The number of H-pyrrole nitrogens is 1. The lowest BCUT2D eigenvalue weighted by atomic mass is 9.92. The summed E-state index contributed by atoms with van der Waals surface area (Å²) in [5.41, 5.74) is 3.70. The molecule has 4 aliphatic heterocycles. The number of imide groups is 1. The fourth-order valence-electron chi connectivity index (χ4n) is 8.95. The first-order chi connectivity index (χ1) is 30.3. The minimum atomic E-state index is -3.10. The van der Waals surface area contributed by atoms with Crippen LogP contribution in [-0.2, 0) is 10.2 Å². The lowest BCUT2D eigenvalue weighted by molar-refractivity contribution is -0.120. The summed E-state index contributed by atoms with van der Waals surface area (Å²) in [6.07, 6.45) is 5.91. The van der Waals surface area contributed by atoms with Gasteiger partial charge in [0.25, 0.3) is 5.92 Å². The number of benzene rings is 1. The van der Waals surface area contributed by atoms with Crippen molar-refractivity contribution in [3.05, 3.63) is 66.7 Å². The standard InChI is InChI=1S/C44H53F2N13O4/c1-43(2,3)41-53-40(63-54-41)39(61)48-24-30-12-16-58(26-44(30,45)46)38-33-22-34(51-37(33)49-27-50-38)29-4-9-35(47-23-29)57-20-18-55(19-21-57)25-28-10-14-56(15-11-28)31-5-7-32(8-6-31)59-17-13-36(60)52-42(59)62/h4-9,22-23,27-28,30H,10-21,24-26H2,1-3H3,(H,48,61)(H,49,50,51)(H,52,60,62). The number of nitrogens with zero attached hydrogens (tertiary/aromatic N) is 10. The van der Waals surface area contributed by atoms with Gasteiger partial charge in [-0.25, -0.2) is 28.5 Å². The zero-order valence-electron chi connectivity index (χ0n) is 35.8. The Morgan fingerprint density at radius 2 is 1.63 bits per heavy atom. The zero-order valence-corrected chi connectivity index (χ0v) is 35.8. The Balaban J connectivity index is 0.744. The number of urea groups is 1. The van der Waals surface area contributed by atoms with E-state index in [2.05, 4.69) is 62.6 Å². The van der Waals surface area contributed by atoms with Gasteiger partial charge in [0, 0.05) is 112 Å². The van der Waals surface area contributed by atoms with Gasteiger partial charge < -0.3 is 29.5 Å². The number of amides is 4. The molecule has 0 spiro atoms. The van der Waals surface area contributed by atoms with Crippen molar-refractivity contribution in [3.63, 3.8) is 0 Å². The van der Waals surface area contributed by atoms with Gasteiger partial charge in [-0.05, 0) is 67.6 Å². The molecule has 0 radical (unpaired) electrons. The quantitative estimate of drug-likeness (QED) is 0.169. The summed E-state index contributed by atoms with van der Waals surface area (Å²) < 4.78 is 36.3. The average Bonchev–Trinajstić information content (AvgIpc) is 3.96. The molecule has 1 atom stereocenters. The number of halogens is 2. The molecule has 5 aromatic rings. The topological polar surface area (TPSA) is 185 Å². The Bertz CT molecular complexity index is 2440. The molecule has 0 bridgehead atoms. The number of alkyl halides is 2. The molecule has 63 heavy (non-hydrogen) atoms. The van der Waals surface area contributed by atoms with Crippen LogP contribution in [0.15, 0.2) is 59.5 Å². The van der Waals surface area contributed by atoms with Crippen LogP contribution < -0.4 is 30.2 Å². The number of fused-ring (bicyclic) bond motifs is 1. The number of aromatic amines is 1. The summed E-state index contributed by atoms with van der Waals surface area (Å²) in [4.78, 5) is 68.0. The number of rotatable bonds is 10. The molecule has 17 nitrogen and oxygen atoms in total. The molecule has 1 aromatic carbocycles. The van der Waals surface area contributed by atoms with Crippen molar-refractivity contribution < 1.29 is 27.7 Å². The van der Waals surface area contributed by atoms with Crippen LogP contribution in [0.2, 0.25) is 0 Å². The van der Waals surface area contributed by atoms with Gasteiger partial charge in [0.05, 0.1) is 11.9 Å². The monoisotopic (exact) mass is 865 g/mol. The molecule has 4 fully saturated rings. The summed E-state index contributed by atoms with van der Waals surface area (Å²) in [7, 11) is 0. The van der Waals surface area contributed by atoms with Crippen molar-refractivity contribution in [2.45, 2.75) is 57.8 Å². The van der Waals surface area contributed by atoms with E-state index in [9.17, 15) is 14.4 Å². The maximum absolute atomic E-state index is 15.6. The van der Waals surface area contributed by atoms with Gasteiger partial charge in [-0.15, -0.1) is 0 Å². The van der Waals surface area contributed by atoms with Gasteiger partial charge in [-0.3, -0.25) is 24.7 Å². The number of pyridine rings is 1. The Morgan fingerprint density at radius 3 is 2.32 bits per heavy atom. The Morgan fingerprint density at radius 1 is 0.889 bits per heavy atom. The molecule has 3 N–H and O–H groups in total. The second-order valence-corrected chi connectivity index (χ2v) is 18.1. The predicted octanol–water partition coefficient (Wildman–Crippen LogP) is 5.08. The summed E-state index contributed by atoms with van der Waals surface area (Å²) >= 11 is 0. The second kappa shape index (κ2) is 17.1. The average molecular weight is 866 g/mol. The molecule has 4 aromatic heterocycles. The molecule has 0 saturated carbocycles. The van der Waals surface area contributed by atoms with Gasteiger partial charge in [-0.2, -0.15) is 4.98 Å². The minimum Gasteiger partial charge on any atom is -0.372 e. The summed E-state index contributed by atoms with van der Waals surface area (Å²) in [5.74, 6) is -2.99. The van der Waals surface area contributed by atoms with Gasteiger partial charge in [0.2, 0.25) is 5.91 Å². The largest absolute Gasteiger partial charge is 0.372 e. The van der Waals surface area contributed by atoms with Gasteiger partial charge in [0.15, 0.2) is 5.82 Å². The molecule has 4 saturated heterocycles. The number of piperidine rings is 2. The van der Waals surface area contributed by atoms with Crippen molar-refractivity contribution in [1.29, 1.82) is 0 Å². The first kappa shape index (κ1) is 42.1. The number of aromatic nitrogens is 6. The van der Waals surface area contributed by atoms with E-state index in [-0.39, 0.29) is 30.8 Å². The van der Waals surface area contributed by atoms with E-state index < -0.39 is 29.7 Å². The van der Waals surface area contributed by atoms with Crippen molar-refractivity contribution in [2.24, 2.45) is 11.8 Å². The normalized spacial score (nSPS) is 20.4. The molecular formula is C44H53F2N13O4. The molecule has 9 rings (SSSR count). The molecule has 1 unspecified atom stereocenters. The van der Waals surface area contributed by atoms with E-state index in [0.717, 1.165) is 87.1 Å². The zero-order chi connectivity index (χ0) is 43.9. The number of hydrogen-bond acceptors (Lipinski definition) is 13. The Labute approximate surface area is 363 Å². The lowest BCUT2D eigenvalue weighted by Crippen LogP contribution is -2.52. The Hall–Kier alpha value is -6.24. The summed E-state index contributed by atoms with van der Waals surface area (Å²) in [6, 6.07) is 13.6. The van der Waals surface area contributed by atoms with Crippen LogP contribution in [0.1, 0.15) is 63.0 Å². The molecule has 4 amide bonds. The highest BCUT2D eigenvalue weighted by Crippen LogP contribution is 2.37. The first-order valence-corrected chi connectivity index (χ1v) is 21.8. The van der Waals surface area contributed by atoms with E-state index in [1.807, 2.05) is 57.3 Å². The van der Waals surface area contributed by atoms with E-state index in [1.165, 1.54) is 6.33 Å². The number of nitrogens with one attached hydrogen (secondary N) is 3. The van der Waals surface area contributed by atoms with Crippen LogP contribution >= 0.6 is 0 Å². The van der Waals surface area contributed by atoms with E-state index in [1.54, 1.807) is 9.80 Å². The fraction of sp³-hybridized carbons (Fsp3) is 0.500. The highest BCUT2D eigenvalue weighted by Gasteiger charge is 2.45. The molecule has 8 heterocycles. The van der Waals surface area contributed by atoms with E-state index >= 15 is 8.78 Å². The van der Waals surface area contributed by atoms with Crippen LogP contribution in [0.25, 0.3) is 22.3 Å². The SMILES string of the molecule is CC(C)(C)c1noc(C(=O)NCC2CCN(c3ncnc4[nH]c(-c5ccc(N6CCN(CC7CCN(c8ccc(N9CCC(=O)NC9=O)cc8)CC7)CC6)nc5)cc34)CC2(F)F)n1. The van der Waals surface area contributed by atoms with Crippen LogP contribution in [-0.4, -0.2) is 131 Å². The maximum Gasteiger partial charge on any atom is 0.328 e.